The van der Waals surface area contributed by atoms with Gasteiger partial charge >= 0.3 is 5.97 Å². The van der Waals surface area contributed by atoms with Crippen LogP contribution in [-0.4, -0.2) is 11.1 Å². The minimum absolute atomic E-state index is 0.295. The maximum absolute atomic E-state index is 11.7. The molecule has 0 radical (unpaired) electrons. The van der Waals surface area contributed by atoms with E-state index in [2.05, 4.69) is 19.9 Å². The molecule has 0 heterocycles. The third kappa shape index (κ3) is 1.92. The number of phenolic OH excluding ortho intramolecular Hbond substituents is 1. The first-order valence-corrected chi connectivity index (χ1v) is 8.52. The van der Waals surface area contributed by atoms with E-state index in [4.69, 9.17) is 4.74 Å². The van der Waals surface area contributed by atoms with Crippen LogP contribution in [0.5, 0.6) is 11.5 Å². The predicted octanol–water partition coefficient (Wildman–Crippen LogP) is 4.64. The fraction of sp³-hybridized carbons (Fsp3) is 0.450. The van der Waals surface area contributed by atoms with Crippen LogP contribution in [0.1, 0.15) is 62.1 Å². The molecule has 4 rings (SSSR count). The van der Waals surface area contributed by atoms with Gasteiger partial charge in [-0.05, 0) is 48.6 Å². The highest BCUT2D eigenvalue weighted by molar-refractivity contribution is 5.98. The number of esters is 1. The van der Waals surface area contributed by atoms with Crippen molar-refractivity contribution in [2.45, 2.75) is 51.9 Å². The van der Waals surface area contributed by atoms with E-state index in [1.165, 1.54) is 12.5 Å². The summed E-state index contributed by atoms with van der Waals surface area (Å²) in [6.07, 6.45) is 3.14. The van der Waals surface area contributed by atoms with Crippen LogP contribution in [0.4, 0.5) is 0 Å². The molecule has 1 saturated carbocycles. The first kappa shape index (κ1) is 14.6. The average Bonchev–Trinajstić information content (AvgIpc) is 3.04. The molecule has 120 valence electrons. The molecular formula is C20H22O3. The van der Waals surface area contributed by atoms with Gasteiger partial charge in [-0.2, -0.15) is 0 Å². The van der Waals surface area contributed by atoms with E-state index in [1.54, 1.807) is 0 Å². The van der Waals surface area contributed by atoms with Crippen molar-refractivity contribution < 1.29 is 14.6 Å². The Bertz CT molecular complexity index is 821. The van der Waals surface area contributed by atoms with Gasteiger partial charge in [0, 0.05) is 28.8 Å². The van der Waals surface area contributed by atoms with Gasteiger partial charge in [0.15, 0.2) is 0 Å². The normalized spacial score (nSPS) is 24.9. The standard InChI is InChI=1S/C20H22O3/c1-4-12-5-6-15-16(9-12)20(23-11(3)21)18-14-8-7-13(10(14)2)17(18)19(15)22/h5-6,9-10,13-14,22H,4,7-8H2,1-3H3. The van der Waals surface area contributed by atoms with Crippen LogP contribution in [0.2, 0.25) is 0 Å². The second kappa shape index (κ2) is 4.98. The van der Waals surface area contributed by atoms with Gasteiger partial charge in [-0.25, -0.2) is 0 Å². The van der Waals surface area contributed by atoms with Gasteiger partial charge in [0.1, 0.15) is 11.5 Å². The first-order chi connectivity index (χ1) is 11.0. The van der Waals surface area contributed by atoms with Crippen molar-refractivity contribution in [3.05, 3.63) is 34.9 Å². The molecule has 3 unspecified atom stereocenters. The summed E-state index contributed by atoms with van der Waals surface area (Å²) in [7, 11) is 0. The average molecular weight is 310 g/mol. The third-order valence-corrected chi connectivity index (χ3v) is 5.83. The van der Waals surface area contributed by atoms with Crippen molar-refractivity contribution in [1.82, 2.24) is 0 Å². The quantitative estimate of drug-likeness (QED) is 0.649. The molecule has 0 saturated heterocycles. The molecule has 0 aliphatic heterocycles. The highest BCUT2D eigenvalue weighted by Gasteiger charge is 2.47. The van der Waals surface area contributed by atoms with Crippen LogP contribution in [0.3, 0.4) is 0 Å². The molecule has 3 atom stereocenters. The molecular weight excluding hydrogens is 288 g/mol. The van der Waals surface area contributed by atoms with Crippen molar-refractivity contribution >= 4 is 16.7 Å². The molecule has 3 heteroatoms. The molecule has 2 aromatic carbocycles. The van der Waals surface area contributed by atoms with Gasteiger partial charge in [-0.1, -0.05) is 26.0 Å². The van der Waals surface area contributed by atoms with Gasteiger partial charge in [0.05, 0.1) is 0 Å². The Balaban J connectivity index is 2.09. The maximum Gasteiger partial charge on any atom is 0.308 e. The number of carbonyl (C=O) groups excluding carboxylic acids is 1. The Morgan fingerprint density at radius 1 is 1.22 bits per heavy atom. The number of ether oxygens (including phenoxy) is 1. The van der Waals surface area contributed by atoms with Gasteiger partial charge < -0.3 is 9.84 Å². The van der Waals surface area contributed by atoms with Crippen molar-refractivity contribution in [3.63, 3.8) is 0 Å². The molecule has 1 fully saturated rings. The molecule has 0 aromatic heterocycles. The monoisotopic (exact) mass is 310 g/mol. The molecule has 3 nitrogen and oxygen atoms in total. The number of carbonyl (C=O) groups is 1. The molecule has 1 N–H and O–H groups in total. The molecule has 23 heavy (non-hydrogen) atoms. The Morgan fingerprint density at radius 3 is 2.57 bits per heavy atom. The van der Waals surface area contributed by atoms with Crippen LogP contribution in [0.25, 0.3) is 10.8 Å². The van der Waals surface area contributed by atoms with Crippen LogP contribution < -0.4 is 4.74 Å². The van der Waals surface area contributed by atoms with E-state index in [9.17, 15) is 9.90 Å². The SMILES string of the molecule is CCc1ccc2c(O)c3c(c(OC(C)=O)c2c1)C1CCC3C1C. The Labute approximate surface area is 136 Å². The second-order valence-electron chi connectivity index (χ2n) is 6.98. The van der Waals surface area contributed by atoms with E-state index in [1.807, 2.05) is 12.1 Å². The van der Waals surface area contributed by atoms with Crippen LogP contribution in [-0.2, 0) is 11.2 Å². The molecule has 0 spiro atoms. The van der Waals surface area contributed by atoms with Gasteiger partial charge in [-0.15, -0.1) is 0 Å². The largest absolute Gasteiger partial charge is 0.507 e. The van der Waals surface area contributed by atoms with Gasteiger partial charge in [0.25, 0.3) is 0 Å². The van der Waals surface area contributed by atoms with Gasteiger partial charge in [0.2, 0.25) is 0 Å². The number of aromatic hydroxyl groups is 1. The lowest BCUT2D eigenvalue weighted by Gasteiger charge is -2.22. The number of rotatable bonds is 2. The highest BCUT2D eigenvalue weighted by atomic mass is 16.5. The van der Waals surface area contributed by atoms with Crippen molar-refractivity contribution in [1.29, 1.82) is 0 Å². The summed E-state index contributed by atoms with van der Waals surface area (Å²) in [5.41, 5.74) is 3.30. The highest BCUT2D eigenvalue weighted by Crippen LogP contribution is 2.63. The molecule has 2 aliphatic carbocycles. The number of phenols is 1. The third-order valence-electron chi connectivity index (χ3n) is 5.83. The van der Waals surface area contributed by atoms with E-state index < -0.39 is 0 Å². The van der Waals surface area contributed by atoms with Crippen molar-refractivity contribution in [2.24, 2.45) is 5.92 Å². The fourth-order valence-electron chi connectivity index (χ4n) is 4.72. The van der Waals surface area contributed by atoms with Crippen LogP contribution in [0, 0.1) is 5.92 Å². The summed E-state index contributed by atoms with van der Waals surface area (Å²) in [5, 5.41) is 12.6. The lowest BCUT2D eigenvalue weighted by molar-refractivity contribution is -0.131. The Morgan fingerprint density at radius 2 is 1.91 bits per heavy atom. The smallest absolute Gasteiger partial charge is 0.308 e. The first-order valence-electron chi connectivity index (χ1n) is 8.52. The molecule has 2 bridgehead atoms. The zero-order valence-corrected chi connectivity index (χ0v) is 13.8. The lowest BCUT2D eigenvalue weighted by Crippen LogP contribution is -2.08. The maximum atomic E-state index is 11.7. The van der Waals surface area contributed by atoms with Crippen LogP contribution >= 0.6 is 0 Å². The molecule has 2 aliphatic rings. The summed E-state index contributed by atoms with van der Waals surface area (Å²) in [6, 6.07) is 6.07. The summed E-state index contributed by atoms with van der Waals surface area (Å²) < 4.78 is 5.68. The lowest BCUT2D eigenvalue weighted by atomic mass is 9.86. The number of hydrogen-bond acceptors (Lipinski definition) is 3. The van der Waals surface area contributed by atoms with Crippen LogP contribution in [0.15, 0.2) is 18.2 Å². The topological polar surface area (TPSA) is 46.5 Å². The van der Waals surface area contributed by atoms with E-state index in [-0.39, 0.29) is 5.97 Å². The minimum atomic E-state index is -0.295. The van der Waals surface area contributed by atoms with Crippen molar-refractivity contribution in [3.8, 4) is 11.5 Å². The predicted molar refractivity (Wildman–Crippen MR) is 90.2 cm³/mol. The molecule has 0 amide bonds. The number of benzene rings is 2. The summed E-state index contributed by atoms with van der Waals surface area (Å²) in [4.78, 5) is 11.7. The summed E-state index contributed by atoms with van der Waals surface area (Å²) in [5.74, 6) is 2.08. The zero-order chi connectivity index (χ0) is 16.3. The Hall–Kier alpha value is -2.03. The number of fused-ring (bicyclic) bond motifs is 6. The van der Waals surface area contributed by atoms with E-state index >= 15 is 0 Å². The number of aryl methyl sites for hydroxylation is 1. The summed E-state index contributed by atoms with van der Waals surface area (Å²) in [6.45, 7) is 5.80. The van der Waals surface area contributed by atoms with E-state index in [0.717, 1.165) is 41.2 Å². The van der Waals surface area contributed by atoms with Crippen molar-refractivity contribution in [2.75, 3.05) is 0 Å². The molecule has 2 aromatic rings. The zero-order valence-electron chi connectivity index (χ0n) is 13.8. The minimum Gasteiger partial charge on any atom is -0.507 e. The number of hydrogen-bond donors (Lipinski definition) is 1. The van der Waals surface area contributed by atoms with Gasteiger partial charge in [-0.3, -0.25) is 4.79 Å². The van der Waals surface area contributed by atoms with E-state index in [0.29, 0.717) is 29.3 Å². The summed E-state index contributed by atoms with van der Waals surface area (Å²) >= 11 is 0. The Kier molecular flexibility index (Phi) is 3.15. The fourth-order valence-corrected chi connectivity index (χ4v) is 4.72. The second-order valence-corrected chi connectivity index (χ2v) is 6.98.